The molecule has 4 nitrogen and oxygen atoms in total. The van der Waals surface area contributed by atoms with E-state index < -0.39 is 5.97 Å². The van der Waals surface area contributed by atoms with Crippen molar-refractivity contribution in [3.63, 3.8) is 0 Å². The van der Waals surface area contributed by atoms with Crippen molar-refractivity contribution in [1.82, 2.24) is 9.78 Å². The normalized spacial score (nSPS) is 10.8. The van der Waals surface area contributed by atoms with Crippen LogP contribution in [-0.2, 0) is 18.3 Å². The number of fused-ring (bicyclic) bond motifs is 1. The quantitative estimate of drug-likeness (QED) is 0.806. The zero-order valence-corrected chi connectivity index (χ0v) is 8.69. The molecular formula is C11H12N2O2. The Hall–Kier alpha value is -1.84. The minimum Gasteiger partial charge on any atom is -0.481 e. The molecule has 15 heavy (non-hydrogen) atoms. The fraction of sp³-hybridized carbons (Fsp3) is 0.273. The van der Waals surface area contributed by atoms with E-state index in [1.165, 1.54) is 0 Å². The van der Waals surface area contributed by atoms with Crippen LogP contribution >= 0.6 is 0 Å². The molecule has 2 aromatic rings. The summed E-state index contributed by atoms with van der Waals surface area (Å²) in [4.78, 5) is 10.7. The van der Waals surface area contributed by atoms with Gasteiger partial charge in [-0.2, -0.15) is 5.10 Å². The van der Waals surface area contributed by atoms with Crippen LogP contribution in [-0.4, -0.2) is 20.9 Å². The highest BCUT2D eigenvalue weighted by Gasteiger charge is 2.10. The van der Waals surface area contributed by atoms with Gasteiger partial charge in [0.1, 0.15) is 0 Å². The monoisotopic (exact) mass is 204 g/mol. The Morgan fingerprint density at radius 1 is 1.53 bits per heavy atom. The lowest BCUT2D eigenvalue weighted by Gasteiger charge is -2.01. The predicted molar refractivity (Wildman–Crippen MR) is 56.8 cm³/mol. The Balaban J connectivity index is 2.69. The van der Waals surface area contributed by atoms with Crippen LogP contribution in [0, 0.1) is 6.92 Å². The maximum absolute atomic E-state index is 10.7. The fourth-order valence-corrected chi connectivity index (χ4v) is 1.90. The van der Waals surface area contributed by atoms with E-state index in [1.807, 2.05) is 32.2 Å². The van der Waals surface area contributed by atoms with Crippen molar-refractivity contribution >= 4 is 16.9 Å². The Kier molecular flexibility index (Phi) is 2.19. The molecule has 0 amide bonds. The van der Waals surface area contributed by atoms with Crippen molar-refractivity contribution in [2.75, 3.05) is 0 Å². The van der Waals surface area contributed by atoms with Crippen molar-refractivity contribution in [3.8, 4) is 0 Å². The van der Waals surface area contributed by atoms with E-state index in [9.17, 15) is 4.79 Å². The van der Waals surface area contributed by atoms with E-state index in [0.29, 0.717) is 0 Å². The molecule has 4 heteroatoms. The van der Waals surface area contributed by atoms with Gasteiger partial charge in [0.2, 0.25) is 0 Å². The second kappa shape index (κ2) is 3.38. The molecule has 0 atom stereocenters. The second-order valence-electron chi connectivity index (χ2n) is 3.59. The first-order valence-corrected chi connectivity index (χ1v) is 4.72. The maximum atomic E-state index is 10.7. The van der Waals surface area contributed by atoms with Crippen molar-refractivity contribution in [3.05, 3.63) is 29.5 Å². The van der Waals surface area contributed by atoms with Crippen LogP contribution in [0.25, 0.3) is 10.9 Å². The van der Waals surface area contributed by atoms with Crippen molar-refractivity contribution in [1.29, 1.82) is 0 Å². The van der Waals surface area contributed by atoms with E-state index >= 15 is 0 Å². The van der Waals surface area contributed by atoms with Crippen LogP contribution in [0.2, 0.25) is 0 Å². The highest BCUT2D eigenvalue weighted by molar-refractivity contribution is 5.87. The lowest BCUT2D eigenvalue weighted by molar-refractivity contribution is -0.136. The molecule has 1 heterocycles. The minimum atomic E-state index is -0.818. The first-order chi connectivity index (χ1) is 7.09. The second-order valence-corrected chi connectivity index (χ2v) is 3.59. The van der Waals surface area contributed by atoms with E-state index in [-0.39, 0.29) is 6.42 Å². The van der Waals surface area contributed by atoms with Gasteiger partial charge in [0.05, 0.1) is 17.6 Å². The predicted octanol–water partition coefficient (Wildman–Crippen LogP) is 1.51. The summed E-state index contributed by atoms with van der Waals surface area (Å²) in [6, 6.07) is 5.66. The van der Waals surface area contributed by atoms with Crippen LogP contribution in [0.1, 0.15) is 11.3 Å². The van der Waals surface area contributed by atoms with Crippen LogP contribution in [0.15, 0.2) is 18.2 Å². The summed E-state index contributed by atoms with van der Waals surface area (Å²) in [5.74, 6) is -0.818. The summed E-state index contributed by atoms with van der Waals surface area (Å²) >= 11 is 0. The Morgan fingerprint density at radius 3 is 2.93 bits per heavy atom. The van der Waals surface area contributed by atoms with Gasteiger partial charge in [0, 0.05) is 12.4 Å². The molecule has 78 valence electrons. The third-order valence-corrected chi connectivity index (χ3v) is 2.47. The smallest absolute Gasteiger partial charge is 0.307 e. The molecule has 0 fully saturated rings. The standard InChI is InChI=1S/C11H12N2O2/c1-7-9-5-3-4-8(6-10(14)15)11(9)13(2)12-7/h3-5H,6H2,1-2H3,(H,14,15). The number of rotatable bonds is 2. The maximum Gasteiger partial charge on any atom is 0.307 e. The van der Waals surface area contributed by atoms with Gasteiger partial charge in [-0.1, -0.05) is 18.2 Å². The lowest BCUT2D eigenvalue weighted by atomic mass is 10.1. The van der Waals surface area contributed by atoms with E-state index in [1.54, 1.807) is 4.68 Å². The highest BCUT2D eigenvalue weighted by atomic mass is 16.4. The molecule has 0 saturated carbocycles. The topological polar surface area (TPSA) is 55.1 Å². The molecule has 1 aromatic heterocycles. The largest absolute Gasteiger partial charge is 0.481 e. The first-order valence-electron chi connectivity index (χ1n) is 4.72. The molecule has 0 aliphatic rings. The minimum absolute atomic E-state index is 0.0380. The average Bonchev–Trinajstić information content (AvgIpc) is 2.43. The Bertz CT molecular complexity index is 529. The summed E-state index contributed by atoms with van der Waals surface area (Å²) in [6.07, 6.45) is 0.0380. The molecule has 0 saturated heterocycles. The van der Waals surface area contributed by atoms with Crippen molar-refractivity contribution in [2.24, 2.45) is 7.05 Å². The van der Waals surface area contributed by atoms with E-state index in [0.717, 1.165) is 22.2 Å². The molecule has 0 aliphatic carbocycles. The number of para-hydroxylation sites is 1. The fourth-order valence-electron chi connectivity index (χ4n) is 1.90. The van der Waals surface area contributed by atoms with Gasteiger partial charge in [-0.25, -0.2) is 0 Å². The molecule has 0 radical (unpaired) electrons. The molecule has 1 aromatic carbocycles. The van der Waals surface area contributed by atoms with Gasteiger partial charge in [-0.05, 0) is 12.5 Å². The summed E-state index contributed by atoms with van der Waals surface area (Å²) in [5, 5.41) is 14.1. The molecule has 0 spiro atoms. The van der Waals surface area contributed by atoms with Gasteiger partial charge in [0.15, 0.2) is 0 Å². The number of carbonyl (C=O) groups is 1. The number of hydrogen-bond donors (Lipinski definition) is 1. The zero-order valence-electron chi connectivity index (χ0n) is 8.69. The molecule has 2 rings (SSSR count). The third kappa shape index (κ3) is 1.58. The van der Waals surface area contributed by atoms with Crippen molar-refractivity contribution < 1.29 is 9.90 Å². The number of hydrogen-bond acceptors (Lipinski definition) is 2. The Morgan fingerprint density at radius 2 is 2.27 bits per heavy atom. The van der Waals surface area contributed by atoms with Crippen LogP contribution in [0.3, 0.4) is 0 Å². The zero-order chi connectivity index (χ0) is 11.0. The number of nitrogens with zero attached hydrogens (tertiary/aromatic N) is 2. The molecular weight excluding hydrogens is 192 g/mol. The number of carboxylic acids is 1. The van der Waals surface area contributed by atoms with E-state index in [2.05, 4.69) is 5.10 Å². The summed E-state index contributed by atoms with van der Waals surface area (Å²) < 4.78 is 1.74. The average molecular weight is 204 g/mol. The van der Waals surface area contributed by atoms with Crippen molar-refractivity contribution in [2.45, 2.75) is 13.3 Å². The molecule has 0 unspecified atom stereocenters. The van der Waals surface area contributed by atoms with E-state index in [4.69, 9.17) is 5.11 Å². The number of aryl methyl sites for hydroxylation is 2. The van der Waals surface area contributed by atoms with Gasteiger partial charge in [0.25, 0.3) is 0 Å². The highest BCUT2D eigenvalue weighted by Crippen LogP contribution is 2.21. The number of carboxylic acid groups (broad SMARTS) is 1. The SMILES string of the molecule is Cc1nn(C)c2c(CC(=O)O)cccc12. The summed E-state index contributed by atoms with van der Waals surface area (Å²) in [7, 11) is 1.83. The van der Waals surface area contributed by atoms with Crippen LogP contribution in [0.5, 0.6) is 0 Å². The van der Waals surface area contributed by atoms with Gasteiger partial charge >= 0.3 is 5.97 Å². The first kappa shape index (κ1) is 9.71. The summed E-state index contributed by atoms with van der Waals surface area (Å²) in [5.41, 5.74) is 2.65. The van der Waals surface area contributed by atoms with Crippen LogP contribution < -0.4 is 0 Å². The van der Waals surface area contributed by atoms with Gasteiger partial charge in [-0.15, -0.1) is 0 Å². The molecule has 0 aliphatic heterocycles. The Labute approximate surface area is 87.1 Å². The summed E-state index contributed by atoms with van der Waals surface area (Å²) in [6.45, 7) is 1.92. The number of benzene rings is 1. The number of aromatic nitrogens is 2. The third-order valence-electron chi connectivity index (χ3n) is 2.47. The molecule has 1 N–H and O–H groups in total. The van der Waals surface area contributed by atoms with Gasteiger partial charge in [-0.3, -0.25) is 9.48 Å². The lowest BCUT2D eigenvalue weighted by Crippen LogP contribution is -2.02. The van der Waals surface area contributed by atoms with Crippen LogP contribution in [0.4, 0.5) is 0 Å². The number of aliphatic carboxylic acids is 1. The molecule has 0 bridgehead atoms. The van der Waals surface area contributed by atoms with Gasteiger partial charge < -0.3 is 5.11 Å².